The highest BCUT2D eigenvalue weighted by Crippen LogP contribution is 2.53. The molecule has 0 aliphatic heterocycles. The van der Waals surface area contributed by atoms with E-state index in [9.17, 15) is 0 Å². The van der Waals surface area contributed by atoms with Crippen molar-refractivity contribution < 1.29 is 0 Å². The molecule has 0 saturated heterocycles. The average Bonchev–Trinajstić information content (AvgIpc) is 0.751. The first kappa shape index (κ1) is 90.1. The predicted octanol–water partition coefficient (Wildman–Crippen LogP) is 38.5. The molecule has 0 unspecified atom stereocenters. The molecule has 0 N–H and O–H groups in total. The largest absolute Gasteiger partial charge is 0.292 e. The van der Waals surface area contributed by atoms with Gasteiger partial charge in [0.1, 0.15) is 11.6 Å². The molecule has 28 rings (SSSR count). The fraction of sp³-hybridized carbons (Fsp3) is 0. The summed E-state index contributed by atoms with van der Waals surface area (Å²) in [6.07, 6.45) is 7.42. The summed E-state index contributed by atoms with van der Waals surface area (Å²) in [5.41, 5.74) is 39.9. The second kappa shape index (κ2) is 40.0. The zero-order valence-corrected chi connectivity index (χ0v) is 82.1. The summed E-state index contributed by atoms with van der Waals surface area (Å²) >= 11 is 0. The second-order valence-electron chi connectivity index (χ2n) is 38.1. The molecule has 28 aromatic rings. The van der Waals surface area contributed by atoms with Crippen LogP contribution in [0.15, 0.2) is 583 Å². The van der Waals surface area contributed by atoms with Crippen LogP contribution in [0.4, 0.5) is 0 Å². The van der Waals surface area contributed by atoms with Crippen LogP contribution in [0.5, 0.6) is 0 Å². The molecular formula is C144H96N6. The van der Waals surface area contributed by atoms with Crippen LogP contribution in [0.2, 0.25) is 0 Å². The molecule has 0 radical (unpaired) electrons. The Labute approximate surface area is 871 Å². The van der Waals surface area contributed by atoms with Crippen LogP contribution in [0.1, 0.15) is 0 Å². The van der Waals surface area contributed by atoms with Gasteiger partial charge in [0, 0.05) is 47.3 Å². The highest BCUT2D eigenvalue weighted by molar-refractivity contribution is 6.26. The predicted molar refractivity (Wildman–Crippen MR) is 631 cm³/mol. The van der Waals surface area contributed by atoms with Gasteiger partial charge in [-0.1, -0.05) is 455 Å². The Kier molecular flexibility index (Phi) is 24.0. The lowest BCUT2D eigenvalue weighted by molar-refractivity contribution is 1.10. The van der Waals surface area contributed by atoms with Crippen molar-refractivity contribution in [2.24, 2.45) is 0 Å². The number of nitrogens with zero attached hydrogens (tertiary/aromatic N) is 6. The average molecular weight is 1910 g/mol. The van der Waals surface area contributed by atoms with Crippen LogP contribution in [-0.4, -0.2) is 29.1 Å². The van der Waals surface area contributed by atoms with Crippen molar-refractivity contribution in [1.82, 2.24) is 29.1 Å². The van der Waals surface area contributed by atoms with E-state index in [-0.39, 0.29) is 0 Å². The van der Waals surface area contributed by atoms with E-state index in [1.54, 1.807) is 0 Å². The van der Waals surface area contributed by atoms with Crippen molar-refractivity contribution in [2.45, 2.75) is 0 Å². The first-order valence-electron chi connectivity index (χ1n) is 51.2. The monoisotopic (exact) mass is 1910 g/mol. The summed E-state index contributed by atoms with van der Waals surface area (Å²) in [4.78, 5) is 18.7. The third-order valence-electron chi connectivity index (χ3n) is 29.3. The molecule has 0 saturated carbocycles. The van der Waals surface area contributed by atoms with Crippen LogP contribution >= 0.6 is 0 Å². The van der Waals surface area contributed by atoms with Gasteiger partial charge in [-0.2, -0.15) is 0 Å². The fourth-order valence-electron chi connectivity index (χ4n) is 22.4. The lowest BCUT2D eigenvalue weighted by Gasteiger charge is -2.22. The number of hydrogen-bond acceptors (Lipinski definition) is 4. The van der Waals surface area contributed by atoms with E-state index in [0.29, 0.717) is 0 Å². The van der Waals surface area contributed by atoms with E-state index < -0.39 is 0 Å². The third-order valence-corrected chi connectivity index (χ3v) is 29.3. The van der Waals surface area contributed by atoms with Crippen LogP contribution < -0.4 is 0 Å². The summed E-state index contributed by atoms with van der Waals surface area (Å²) in [5.74, 6) is 1.86. The minimum Gasteiger partial charge on any atom is -0.292 e. The second-order valence-corrected chi connectivity index (χ2v) is 38.1. The maximum atomic E-state index is 5.14. The fourth-order valence-corrected chi connectivity index (χ4v) is 22.4. The molecule has 0 amide bonds. The summed E-state index contributed by atoms with van der Waals surface area (Å²) in [6.45, 7) is 0. The molecule has 0 bridgehead atoms. The molecule has 0 spiro atoms. The quantitative estimate of drug-likeness (QED) is 0.0853. The van der Waals surface area contributed by atoms with Gasteiger partial charge >= 0.3 is 0 Å². The number of imidazole rings is 2. The Hall–Kier alpha value is -19.9. The van der Waals surface area contributed by atoms with Crippen molar-refractivity contribution in [3.05, 3.63) is 583 Å². The lowest BCUT2D eigenvalue weighted by atomic mass is 9.81. The topological polar surface area (TPSA) is 61.4 Å². The van der Waals surface area contributed by atoms with Crippen molar-refractivity contribution >= 4 is 86.7 Å². The van der Waals surface area contributed by atoms with Gasteiger partial charge in [-0.25, -0.2) is 9.97 Å². The molecule has 0 atom stereocenters. The summed E-state index contributed by atoms with van der Waals surface area (Å²) in [7, 11) is 0. The van der Waals surface area contributed by atoms with Gasteiger partial charge in [0.05, 0.1) is 22.1 Å². The number of hydrogen-bond donors (Lipinski definition) is 0. The molecule has 0 aliphatic rings. The van der Waals surface area contributed by atoms with E-state index in [0.717, 1.165) is 78.5 Å². The normalized spacial score (nSPS) is 11.3. The van der Waals surface area contributed by atoms with Crippen LogP contribution in [0.25, 0.3) is 266 Å². The molecular weight excluding hydrogens is 1810 g/mol. The zero-order chi connectivity index (χ0) is 99.6. The molecule has 702 valence electrons. The first-order chi connectivity index (χ1) is 74.5. The molecule has 150 heavy (non-hydrogen) atoms. The smallest absolute Gasteiger partial charge is 0.145 e. The van der Waals surface area contributed by atoms with Gasteiger partial charge in [0.15, 0.2) is 0 Å². The number of pyridine rings is 2. The van der Waals surface area contributed by atoms with Crippen molar-refractivity contribution in [3.63, 3.8) is 0 Å². The highest BCUT2D eigenvalue weighted by atomic mass is 15.1. The SMILES string of the molecule is c1ccc(-c2c3ccccc3c(-c3ccccc3)c3cc(-c4ccc(-c5nc6ccccc6n5-c5ccccc5)cc4)ccc23)cc1.c1ccc(-c2ccc3c(-c4cccc(-c5ccncc5)c4)c4ccccc4c(-c4cccc(-c5ccncc5)c4)c3c2)cc1.c1ccc(-c2ccccc2-c2c3ccccc3c(-c3ccccc3-c3ccccc3)c3cc(-c4ccc(-c5nc6ccccc6n5-c5ccccc5)cc4)ccc23)cc1. The molecule has 24 aromatic carbocycles. The van der Waals surface area contributed by atoms with Crippen molar-refractivity contribution in [3.8, 4) is 179 Å². The number of benzene rings is 24. The molecule has 4 aromatic heterocycles. The Balaban J connectivity index is 0.000000115. The van der Waals surface area contributed by atoms with Gasteiger partial charge in [0.25, 0.3) is 0 Å². The van der Waals surface area contributed by atoms with Crippen LogP contribution in [-0.2, 0) is 0 Å². The first-order valence-corrected chi connectivity index (χ1v) is 51.2. The maximum absolute atomic E-state index is 5.14. The molecule has 6 nitrogen and oxygen atoms in total. The Morgan fingerprint density at radius 1 is 0.127 bits per heavy atom. The van der Waals surface area contributed by atoms with Gasteiger partial charge in [0.2, 0.25) is 0 Å². The summed E-state index contributed by atoms with van der Waals surface area (Å²) < 4.78 is 4.51. The van der Waals surface area contributed by atoms with Crippen LogP contribution in [0.3, 0.4) is 0 Å². The number of rotatable bonds is 17. The Morgan fingerprint density at radius 2 is 0.353 bits per heavy atom. The maximum Gasteiger partial charge on any atom is 0.145 e. The standard InChI is InChI=1S/C57H38N2.C45H30N2.C42H28N2/c1-4-18-40(19-5-1)45-24-10-12-26-47(45)55-49-28-14-15-29-50(49)56(48-27-13-11-25-46(48)41-20-6-2-7-21-41)52-38-43(36-37-51(52)55)39-32-34-42(35-33-39)57-58-53-30-16-17-31-54(53)59(57)44-22-8-3-9-23-44;1-4-14-32(15-5-1)43-37-20-10-11-21-38(37)44(33-16-6-2-7-17-33)40-30-35(28-29-39(40)43)31-24-26-34(27-25-31)45-46-41-22-12-13-23-42(41)47(45)36-18-8-3-9-19-36;1-2-8-29(9-3-1)34-16-17-39-40(28-34)42(36-13-7-11-33(27-36)31-20-24-44-25-21-31)38-15-5-4-14-37(38)41(39)35-12-6-10-32(26-35)30-18-22-43-23-19-30/h1-38H;1-30H;1-28H. The summed E-state index contributed by atoms with van der Waals surface area (Å²) in [6, 6.07) is 201. The van der Waals surface area contributed by atoms with Gasteiger partial charge in [-0.05, 0) is 312 Å². The van der Waals surface area contributed by atoms with E-state index >= 15 is 0 Å². The highest BCUT2D eigenvalue weighted by Gasteiger charge is 2.27. The van der Waals surface area contributed by atoms with Gasteiger partial charge in [-0.3, -0.25) is 19.1 Å². The lowest BCUT2D eigenvalue weighted by Crippen LogP contribution is -1.97. The Morgan fingerprint density at radius 3 is 0.733 bits per heavy atom. The zero-order valence-electron chi connectivity index (χ0n) is 82.1. The Bertz CT molecular complexity index is 9870. The molecule has 0 aliphatic carbocycles. The van der Waals surface area contributed by atoms with E-state index in [1.165, 1.54) is 187 Å². The molecule has 6 heteroatoms. The van der Waals surface area contributed by atoms with Crippen molar-refractivity contribution in [1.29, 1.82) is 0 Å². The van der Waals surface area contributed by atoms with Crippen molar-refractivity contribution in [2.75, 3.05) is 0 Å². The van der Waals surface area contributed by atoms with Gasteiger partial charge < -0.3 is 0 Å². The van der Waals surface area contributed by atoms with Gasteiger partial charge in [-0.15, -0.1) is 0 Å². The minimum atomic E-state index is 0.926. The van der Waals surface area contributed by atoms with E-state index in [2.05, 4.69) is 571 Å². The number of fused-ring (bicyclic) bond motifs is 8. The van der Waals surface area contributed by atoms with E-state index in [4.69, 9.17) is 9.97 Å². The summed E-state index contributed by atoms with van der Waals surface area (Å²) in [5, 5.41) is 14.9. The minimum absolute atomic E-state index is 0.926. The molecule has 4 heterocycles. The number of aromatic nitrogens is 6. The van der Waals surface area contributed by atoms with E-state index in [1.807, 2.05) is 30.9 Å². The molecule has 0 fully saturated rings. The number of para-hydroxylation sites is 6. The van der Waals surface area contributed by atoms with Crippen LogP contribution in [0, 0.1) is 0 Å². The third kappa shape index (κ3) is 17.1.